The summed E-state index contributed by atoms with van der Waals surface area (Å²) in [6.45, 7) is 0. The van der Waals surface area contributed by atoms with Crippen molar-refractivity contribution in [1.82, 2.24) is 15.0 Å². The molecule has 0 fully saturated rings. The van der Waals surface area contributed by atoms with Gasteiger partial charge in [0.2, 0.25) is 0 Å². The van der Waals surface area contributed by atoms with Crippen molar-refractivity contribution in [1.29, 1.82) is 5.26 Å². The number of nitrogen functional groups attached to an aromatic ring is 1. The Labute approximate surface area is 156 Å². The predicted molar refractivity (Wildman–Crippen MR) is 93.7 cm³/mol. The lowest BCUT2D eigenvalue weighted by Gasteiger charge is -2.08. The number of nitrogens with two attached hydrogens (primary N) is 1. The third kappa shape index (κ3) is 5.29. The minimum atomic E-state index is -5.08. The average molecular weight is 393 g/mol. The zero-order valence-corrected chi connectivity index (χ0v) is 14.0. The van der Waals surface area contributed by atoms with Crippen LogP contribution in [0.15, 0.2) is 48.9 Å². The van der Waals surface area contributed by atoms with Gasteiger partial charge in [-0.25, -0.2) is 14.8 Å². The summed E-state index contributed by atoms with van der Waals surface area (Å²) in [5.74, 6) is -2.54. The number of pyridine rings is 1. The van der Waals surface area contributed by atoms with Gasteiger partial charge in [-0.15, -0.1) is 0 Å². The lowest BCUT2D eigenvalue weighted by molar-refractivity contribution is -0.192. The largest absolute Gasteiger partial charge is 0.490 e. The number of imidazole rings is 1. The van der Waals surface area contributed by atoms with E-state index in [1.54, 1.807) is 12.5 Å². The molecule has 2 heterocycles. The zero-order valence-electron chi connectivity index (χ0n) is 14.0. The van der Waals surface area contributed by atoms with E-state index in [0.717, 1.165) is 17.0 Å². The van der Waals surface area contributed by atoms with Gasteiger partial charge in [-0.3, -0.25) is 0 Å². The molecule has 146 valence electrons. The van der Waals surface area contributed by atoms with Crippen LogP contribution in [-0.2, 0) is 4.79 Å². The van der Waals surface area contributed by atoms with Crippen LogP contribution in [-0.4, -0.2) is 37.7 Å². The minimum Gasteiger partial charge on any atom is -0.475 e. The Morgan fingerprint density at radius 1 is 1.25 bits per heavy atom. The van der Waals surface area contributed by atoms with Crippen molar-refractivity contribution in [3.63, 3.8) is 0 Å². The number of nitrogens with zero attached hydrogens (tertiary/aromatic N) is 3. The van der Waals surface area contributed by atoms with E-state index < -0.39 is 12.1 Å². The molecule has 1 aromatic carbocycles. The Hall–Kier alpha value is -3.91. The predicted octanol–water partition coefficient (Wildman–Crippen LogP) is 2.40. The molecule has 3 aromatic rings. The van der Waals surface area contributed by atoms with E-state index >= 15 is 0 Å². The number of hydrogen-bond donors (Lipinski definition) is 3. The molecule has 0 spiro atoms. The highest BCUT2D eigenvalue weighted by atomic mass is 19.4. The summed E-state index contributed by atoms with van der Waals surface area (Å²) in [5, 5.41) is 16.4. The number of halogens is 3. The number of H-pyrrole nitrogens is 1. The number of benzene rings is 1. The van der Waals surface area contributed by atoms with Crippen molar-refractivity contribution in [3.8, 4) is 28.6 Å². The van der Waals surface area contributed by atoms with Gasteiger partial charge in [0.1, 0.15) is 17.5 Å². The smallest absolute Gasteiger partial charge is 0.475 e. The first kappa shape index (κ1) is 22.1. The summed E-state index contributed by atoms with van der Waals surface area (Å²) in [6.07, 6.45) is -1.86. The Morgan fingerprint density at radius 2 is 1.86 bits per heavy atom. The van der Waals surface area contributed by atoms with Gasteiger partial charge in [-0.1, -0.05) is 30.3 Å². The normalized spacial score (nSPS) is 10.1. The number of carbonyl (C=O) groups is 1. The minimum absolute atomic E-state index is 0. The van der Waals surface area contributed by atoms with Crippen LogP contribution in [0.25, 0.3) is 22.5 Å². The van der Waals surface area contributed by atoms with Crippen molar-refractivity contribution in [2.45, 2.75) is 6.18 Å². The lowest BCUT2D eigenvalue weighted by atomic mass is 10.0. The first-order chi connectivity index (χ1) is 12.7. The third-order valence-electron chi connectivity index (χ3n) is 3.26. The topological polar surface area (TPSA) is 160 Å². The fourth-order valence-electron chi connectivity index (χ4n) is 2.05. The molecule has 0 saturated carbocycles. The second-order valence-electron chi connectivity index (χ2n) is 5.06. The van der Waals surface area contributed by atoms with Crippen LogP contribution in [0.1, 0.15) is 5.56 Å². The number of nitriles is 1. The maximum Gasteiger partial charge on any atom is 0.490 e. The maximum atomic E-state index is 10.6. The first-order valence-corrected chi connectivity index (χ1v) is 7.29. The molecule has 0 bridgehead atoms. The van der Waals surface area contributed by atoms with E-state index in [9.17, 15) is 18.4 Å². The Balaban J connectivity index is 0.000000425. The monoisotopic (exact) mass is 393 g/mol. The van der Waals surface area contributed by atoms with E-state index in [1.165, 1.54) is 0 Å². The molecular weight excluding hydrogens is 379 g/mol. The first-order valence-electron chi connectivity index (χ1n) is 7.29. The SMILES string of the molecule is N#Cc1c(-c2cnc[nH]2)cc(-c2ccccc2)nc1N.O.O=C(O)C(F)(F)F. The molecule has 3 rings (SSSR count). The Morgan fingerprint density at radius 3 is 2.32 bits per heavy atom. The molecule has 0 unspecified atom stereocenters. The molecule has 0 saturated heterocycles. The van der Waals surface area contributed by atoms with Gasteiger partial charge >= 0.3 is 12.1 Å². The molecule has 11 heteroatoms. The molecule has 2 aromatic heterocycles. The standard InChI is InChI=1S/C15H11N5.C2HF3O2.H2O/c16-7-12-11(14-8-18-9-19-14)6-13(20-15(12)17)10-4-2-1-3-5-10;3-2(4,5)1(6)7;/h1-6,8-9H,(H2,17,20)(H,18,19);(H,6,7);1H2. The number of carboxylic acid groups (broad SMARTS) is 1. The summed E-state index contributed by atoms with van der Waals surface area (Å²) in [6, 6.07) is 13.6. The second-order valence-corrected chi connectivity index (χ2v) is 5.06. The molecule has 0 atom stereocenters. The molecule has 0 aliphatic heterocycles. The fraction of sp³-hybridized carbons (Fsp3) is 0.0588. The third-order valence-corrected chi connectivity index (χ3v) is 3.26. The molecule has 0 aliphatic carbocycles. The van der Waals surface area contributed by atoms with Gasteiger partial charge in [0, 0.05) is 11.1 Å². The second kappa shape index (κ2) is 9.15. The molecule has 0 radical (unpaired) electrons. The van der Waals surface area contributed by atoms with Crippen LogP contribution in [0, 0.1) is 11.3 Å². The average Bonchev–Trinajstić information content (AvgIpc) is 3.16. The maximum absolute atomic E-state index is 10.6. The van der Waals surface area contributed by atoms with Gasteiger partial charge in [0.05, 0.1) is 23.9 Å². The Bertz CT molecular complexity index is 968. The number of aromatic nitrogens is 3. The summed E-state index contributed by atoms with van der Waals surface area (Å²) in [4.78, 5) is 20.2. The number of hydrogen-bond acceptors (Lipinski definition) is 5. The zero-order chi connectivity index (χ0) is 20.0. The number of rotatable bonds is 2. The quantitative estimate of drug-likeness (QED) is 0.606. The van der Waals surface area contributed by atoms with E-state index in [0.29, 0.717) is 11.1 Å². The summed E-state index contributed by atoms with van der Waals surface area (Å²) < 4.78 is 31.7. The van der Waals surface area contributed by atoms with Crippen molar-refractivity contribution < 1.29 is 28.5 Å². The highest BCUT2D eigenvalue weighted by Gasteiger charge is 2.38. The number of anilines is 1. The fourth-order valence-corrected chi connectivity index (χ4v) is 2.05. The van der Waals surface area contributed by atoms with Crippen LogP contribution in [0.5, 0.6) is 0 Å². The van der Waals surface area contributed by atoms with Crippen LogP contribution >= 0.6 is 0 Å². The van der Waals surface area contributed by atoms with E-state index in [1.807, 2.05) is 36.4 Å². The lowest BCUT2D eigenvalue weighted by Crippen LogP contribution is -2.21. The van der Waals surface area contributed by atoms with Crippen LogP contribution < -0.4 is 5.73 Å². The van der Waals surface area contributed by atoms with E-state index in [-0.39, 0.29) is 11.3 Å². The number of nitrogens with one attached hydrogen (secondary N) is 1. The summed E-state index contributed by atoms with van der Waals surface area (Å²) in [7, 11) is 0. The van der Waals surface area contributed by atoms with Crippen molar-refractivity contribution in [3.05, 3.63) is 54.5 Å². The molecular formula is C17H14F3N5O3. The van der Waals surface area contributed by atoms with Gasteiger partial charge in [0.25, 0.3) is 0 Å². The molecule has 8 nitrogen and oxygen atoms in total. The van der Waals surface area contributed by atoms with Gasteiger partial charge < -0.3 is 21.3 Å². The van der Waals surface area contributed by atoms with Crippen LogP contribution in [0.4, 0.5) is 19.0 Å². The number of aliphatic carboxylic acids is 1. The number of alkyl halides is 3. The Kier molecular flexibility index (Phi) is 7.23. The number of aromatic amines is 1. The van der Waals surface area contributed by atoms with E-state index in [2.05, 4.69) is 21.0 Å². The van der Waals surface area contributed by atoms with Gasteiger partial charge in [0.15, 0.2) is 0 Å². The molecule has 28 heavy (non-hydrogen) atoms. The highest BCUT2D eigenvalue weighted by Crippen LogP contribution is 2.29. The molecule has 6 N–H and O–H groups in total. The van der Waals surface area contributed by atoms with Crippen LogP contribution in [0.2, 0.25) is 0 Å². The van der Waals surface area contributed by atoms with Crippen molar-refractivity contribution in [2.24, 2.45) is 0 Å². The molecule has 0 amide bonds. The molecule has 0 aliphatic rings. The van der Waals surface area contributed by atoms with Crippen molar-refractivity contribution in [2.75, 3.05) is 5.73 Å². The van der Waals surface area contributed by atoms with Gasteiger partial charge in [-0.2, -0.15) is 18.4 Å². The van der Waals surface area contributed by atoms with E-state index in [4.69, 9.17) is 15.6 Å². The highest BCUT2D eigenvalue weighted by molar-refractivity contribution is 5.78. The van der Waals surface area contributed by atoms with Crippen molar-refractivity contribution >= 4 is 11.8 Å². The summed E-state index contributed by atoms with van der Waals surface area (Å²) in [5.41, 5.74) is 9.39. The number of carboxylic acids is 1. The van der Waals surface area contributed by atoms with Crippen LogP contribution in [0.3, 0.4) is 0 Å². The summed E-state index contributed by atoms with van der Waals surface area (Å²) >= 11 is 0. The van der Waals surface area contributed by atoms with Gasteiger partial charge in [-0.05, 0) is 6.07 Å².